The van der Waals surface area contributed by atoms with Crippen LogP contribution in [0.4, 0.5) is 21.8 Å². The number of nitrogens with two attached hydrogens (primary N) is 2. The van der Waals surface area contributed by atoms with Gasteiger partial charge in [0.1, 0.15) is 34.5 Å². The van der Waals surface area contributed by atoms with Gasteiger partial charge in [-0.1, -0.05) is 0 Å². The summed E-state index contributed by atoms with van der Waals surface area (Å²) in [5.41, 5.74) is 9.77. The van der Waals surface area contributed by atoms with E-state index in [2.05, 4.69) is 9.97 Å². The van der Waals surface area contributed by atoms with Crippen molar-refractivity contribution in [1.82, 2.24) is 9.97 Å². The molecule has 0 unspecified atom stereocenters. The van der Waals surface area contributed by atoms with Gasteiger partial charge in [0.2, 0.25) is 5.95 Å². The smallest absolute Gasteiger partial charge is 0.282 e. The molecule has 0 aliphatic carbocycles. The fourth-order valence-corrected chi connectivity index (χ4v) is 1.89. The molecule has 2 rings (SSSR count). The molecule has 0 aliphatic rings. The van der Waals surface area contributed by atoms with Crippen LogP contribution in [0.5, 0.6) is 0 Å². The summed E-state index contributed by atoms with van der Waals surface area (Å²) in [5.74, 6) is -1.47. The molecular weight excluding hydrogens is 279 g/mol. The van der Waals surface area contributed by atoms with Crippen LogP contribution in [0.1, 0.15) is 11.1 Å². The van der Waals surface area contributed by atoms with E-state index in [0.717, 1.165) is 6.07 Å². The Kier molecular flexibility index (Phi) is 3.37. The monoisotopic (exact) mass is 288 g/mol. The van der Waals surface area contributed by atoms with Crippen LogP contribution in [0.25, 0.3) is 11.3 Å². The summed E-state index contributed by atoms with van der Waals surface area (Å²) in [6.45, 7) is 1.51. The van der Waals surface area contributed by atoms with E-state index in [0.29, 0.717) is 5.56 Å². The van der Waals surface area contributed by atoms with Gasteiger partial charge in [0.05, 0.1) is 4.92 Å². The lowest BCUT2D eigenvalue weighted by atomic mass is 10.0. The molecule has 0 saturated carbocycles. The Labute approximate surface area is 118 Å². The standard InChI is InChI=1S/C12H9FN6O2/c1-5-2-7(13)9(8(3-5)19(20)21)10-6(4-14)11(15)18-12(16)17-10/h2-3H,1H3,(H4,15,16,17,18). The molecular formula is C12H9FN6O2. The van der Waals surface area contributed by atoms with E-state index in [4.69, 9.17) is 16.7 Å². The van der Waals surface area contributed by atoms with E-state index in [1.54, 1.807) is 6.07 Å². The summed E-state index contributed by atoms with van der Waals surface area (Å²) < 4.78 is 14.2. The summed E-state index contributed by atoms with van der Waals surface area (Å²) in [5, 5.41) is 20.2. The second-order valence-corrected chi connectivity index (χ2v) is 4.20. The van der Waals surface area contributed by atoms with Crippen LogP contribution >= 0.6 is 0 Å². The Hall–Kier alpha value is -3.28. The quantitative estimate of drug-likeness (QED) is 0.629. The maximum atomic E-state index is 14.2. The van der Waals surface area contributed by atoms with Gasteiger partial charge in [-0.25, -0.2) is 9.37 Å². The van der Waals surface area contributed by atoms with E-state index in [1.165, 1.54) is 13.0 Å². The SMILES string of the molecule is Cc1cc(F)c(-c2nc(N)nc(N)c2C#N)c([N+](=O)[O-])c1. The van der Waals surface area contributed by atoms with Crippen LogP contribution in [0.3, 0.4) is 0 Å². The van der Waals surface area contributed by atoms with Gasteiger partial charge in [-0.2, -0.15) is 10.2 Å². The number of aryl methyl sites for hydroxylation is 1. The minimum absolute atomic E-state index is 0.268. The topological polar surface area (TPSA) is 145 Å². The molecule has 0 bridgehead atoms. The number of nitro groups is 1. The summed E-state index contributed by atoms with van der Waals surface area (Å²) in [6.07, 6.45) is 0. The molecule has 0 aliphatic heterocycles. The van der Waals surface area contributed by atoms with Crippen LogP contribution in [-0.2, 0) is 0 Å². The third-order valence-corrected chi connectivity index (χ3v) is 2.71. The molecule has 1 heterocycles. The van der Waals surface area contributed by atoms with E-state index in [-0.39, 0.29) is 23.0 Å². The van der Waals surface area contributed by atoms with E-state index >= 15 is 0 Å². The number of halogens is 1. The molecule has 0 atom stereocenters. The predicted molar refractivity (Wildman–Crippen MR) is 72.4 cm³/mol. The van der Waals surface area contributed by atoms with Crippen molar-refractivity contribution in [1.29, 1.82) is 5.26 Å². The van der Waals surface area contributed by atoms with Crippen molar-refractivity contribution in [2.45, 2.75) is 6.92 Å². The lowest BCUT2D eigenvalue weighted by Gasteiger charge is -2.09. The second-order valence-electron chi connectivity index (χ2n) is 4.20. The first kappa shape index (κ1) is 14.1. The minimum atomic E-state index is -0.893. The zero-order valence-electron chi connectivity index (χ0n) is 10.8. The Morgan fingerprint density at radius 1 is 1.38 bits per heavy atom. The fourth-order valence-electron chi connectivity index (χ4n) is 1.89. The molecule has 1 aromatic carbocycles. The van der Waals surface area contributed by atoms with Gasteiger partial charge in [0, 0.05) is 6.07 Å². The summed E-state index contributed by atoms with van der Waals surface area (Å²) in [7, 11) is 0. The first-order chi connectivity index (χ1) is 9.85. The van der Waals surface area contributed by atoms with Crippen LogP contribution in [-0.4, -0.2) is 14.9 Å². The van der Waals surface area contributed by atoms with Crippen LogP contribution in [0.15, 0.2) is 12.1 Å². The van der Waals surface area contributed by atoms with Gasteiger partial charge in [0.25, 0.3) is 5.69 Å². The first-order valence-electron chi connectivity index (χ1n) is 5.63. The number of nitriles is 1. The maximum Gasteiger partial charge on any atom is 0.282 e. The number of rotatable bonds is 2. The highest BCUT2D eigenvalue weighted by atomic mass is 19.1. The molecule has 0 fully saturated rings. The third-order valence-electron chi connectivity index (χ3n) is 2.71. The zero-order chi connectivity index (χ0) is 15.7. The molecule has 1 aromatic heterocycles. The summed E-state index contributed by atoms with van der Waals surface area (Å²) in [6, 6.07) is 3.97. The highest BCUT2D eigenvalue weighted by molar-refractivity contribution is 5.79. The lowest BCUT2D eigenvalue weighted by molar-refractivity contribution is -0.384. The zero-order valence-corrected chi connectivity index (χ0v) is 10.8. The normalized spacial score (nSPS) is 10.1. The molecule has 0 saturated heterocycles. The van der Waals surface area contributed by atoms with Gasteiger partial charge >= 0.3 is 0 Å². The van der Waals surface area contributed by atoms with Gasteiger partial charge in [-0.3, -0.25) is 10.1 Å². The van der Waals surface area contributed by atoms with Crippen molar-refractivity contribution in [3.8, 4) is 17.3 Å². The van der Waals surface area contributed by atoms with Crippen molar-refractivity contribution >= 4 is 17.5 Å². The molecule has 106 valence electrons. The fraction of sp³-hybridized carbons (Fsp3) is 0.0833. The van der Waals surface area contributed by atoms with Gasteiger partial charge in [-0.15, -0.1) is 0 Å². The highest BCUT2D eigenvalue weighted by Crippen LogP contribution is 2.35. The number of benzene rings is 1. The van der Waals surface area contributed by atoms with Crippen LogP contribution < -0.4 is 11.5 Å². The number of hydrogen-bond donors (Lipinski definition) is 2. The van der Waals surface area contributed by atoms with Crippen molar-refractivity contribution in [3.05, 3.63) is 39.2 Å². The lowest BCUT2D eigenvalue weighted by Crippen LogP contribution is -2.07. The Bertz CT molecular complexity index is 799. The summed E-state index contributed by atoms with van der Waals surface area (Å²) in [4.78, 5) is 17.7. The highest BCUT2D eigenvalue weighted by Gasteiger charge is 2.26. The van der Waals surface area contributed by atoms with Gasteiger partial charge in [0.15, 0.2) is 0 Å². The molecule has 0 radical (unpaired) electrons. The Morgan fingerprint density at radius 3 is 2.62 bits per heavy atom. The van der Waals surface area contributed by atoms with Gasteiger partial charge in [-0.05, 0) is 18.6 Å². The van der Waals surface area contributed by atoms with E-state index in [9.17, 15) is 14.5 Å². The van der Waals surface area contributed by atoms with Crippen molar-refractivity contribution < 1.29 is 9.31 Å². The number of aromatic nitrogens is 2. The Balaban J connectivity index is 2.92. The van der Waals surface area contributed by atoms with E-state index < -0.39 is 22.0 Å². The largest absolute Gasteiger partial charge is 0.382 e. The van der Waals surface area contributed by atoms with Crippen LogP contribution in [0, 0.1) is 34.2 Å². The first-order valence-corrected chi connectivity index (χ1v) is 5.63. The predicted octanol–water partition coefficient (Wildman–Crippen LogP) is 1.54. The number of anilines is 2. The molecule has 4 N–H and O–H groups in total. The molecule has 2 aromatic rings. The number of nitro benzene ring substituents is 1. The van der Waals surface area contributed by atoms with E-state index in [1.807, 2.05) is 0 Å². The summed E-state index contributed by atoms with van der Waals surface area (Å²) >= 11 is 0. The van der Waals surface area contributed by atoms with Crippen molar-refractivity contribution in [2.24, 2.45) is 0 Å². The molecule has 0 amide bonds. The third kappa shape index (κ3) is 2.42. The Morgan fingerprint density at radius 2 is 2.05 bits per heavy atom. The molecule has 21 heavy (non-hydrogen) atoms. The maximum absolute atomic E-state index is 14.2. The second kappa shape index (κ2) is 5.01. The minimum Gasteiger partial charge on any atom is -0.382 e. The van der Waals surface area contributed by atoms with Crippen LogP contribution in [0.2, 0.25) is 0 Å². The molecule has 0 spiro atoms. The average Bonchev–Trinajstić information content (AvgIpc) is 2.36. The molecule has 8 nitrogen and oxygen atoms in total. The average molecular weight is 288 g/mol. The number of hydrogen-bond acceptors (Lipinski definition) is 7. The van der Waals surface area contributed by atoms with Crippen molar-refractivity contribution in [2.75, 3.05) is 11.5 Å². The number of nitrogen functional groups attached to an aromatic ring is 2. The molecule has 9 heteroatoms. The van der Waals surface area contributed by atoms with Gasteiger partial charge < -0.3 is 11.5 Å². The van der Waals surface area contributed by atoms with Crippen molar-refractivity contribution in [3.63, 3.8) is 0 Å². The number of nitrogens with zero attached hydrogens (tertiary/aromatic N) is 4.